The quantitative estimate of drug-likeness (QED) is 0.224. The third-order valence-corrected chi connectivity index (χ3v) is 7.67. The summed E-state index contributed by atoms with van der Waals surface area (Å²) in [5.41, 5.74) is 1.41. The number of benzene rings is 2. The van der Waals surface area contributed by atoms with E-state index in [4.69, 9.17) is 37.4 Å². The Balaban J connectivity index is 1.30. The van der Waals surface area contributed by atoms with Crippen molar-refractivity contribution >= 4 is 57.3 Å². The van der Waals surface area contributed by atoms with Crippen LogP contribution in [0.4, 0.5) is 5.00 Å². The fraction of sp³-hybridized carbons (Fsp3) is 0.321. The Labute approximate surface area is 240 Å². The SMILES string of the molecule is CC1CCc2c(sc(NC(=O)COc3ccc(Cl)cc3)c2C(=O)NCCOC(=O)COc2ccc(Cl)cc2)C1. The molecule has 0 saturated heterocycles. The molecule has 0 bridgehead atoms. The molecule has 4 rings (SSSR count). The average molecular weight is 592 g/mol. The van der Waals surface area contributed by atoms with Gasteiger partial charge in [0.1, 0.15) is 23.1 Å². The lowest BCUT2D eigenvalue weighted by molar-refractivity contribution is -0.145. The van der Waals surface area contributed by atoms with Gasteiger partial charge in [-0.05, 0) is 79.3 Å². The first-order valence-corrected chi connectivity index (χ1v) is 14.0. The van der Waals surface area contributed by atoms with Crippen molar-refractivity contribution in [2.75, 3.05) is 31.7 Å². The lowest BCUT2D eigenvalue weighted by Crippen LogP contribution is -2.30. The van der Waals surface area contributed by atoms with Gasteiger partial charge < -0.3 is 24.8 Å². The van der Waals surface area contributed by atoms with Gasteiger partial charge in [-0.3, -0.25) is 9.59 Å². The molecule has 0 fully saturated rings. The van der Waals surface area contributed by atoms with Crippen LogP contribution in [0.25, 0.3) is 0 Å². The number of carbonyl (C=O) groups excluding carboxylic acids is 3. The molecule has 1 aliphatic carbocycles. The molecule has 3 aromatic rings. The predicted molar refractivity (Wildman–Crippen MR) is 151 cm³/mol. The second kappa shape index (κ2) is 13.7. The van der Waals surface area contributed by atoms with Crippen LogP contribution in [0.3, 0.4) is 0 Å². The number of fused-ring (bicyclic) bond motifs is 1. The van der Waals surface area contributed by atoms with Crippen molar-refractivity contribution in [3.8, 4) is 11.5 Å². The van der Waals surface area contributed by atoms with Crippen molar-refractivity contribution in [3.63, 3.8) is 0 Å². The molecular formula is C28H28Cl2N2O6S. The van der Waals surface area contributed by atoms with Crippen molar-refractivity contribution < 1.29 is 28.6 Å². The first kappa shape index (κ1) is 28.7. The maximum Gasteiger partial charge on any atom is 0.344 e. The summed E-state index contributed by atoms with van der Waals surface area (Å²) in [6.45, 7) is 1.79. The Morgan fingerprint density at radius 3 is 2.21 bits per heavy atom. The summed E-state index contributed by atoms with van der Waals surface area (Å²) >= 11 is 13.1. The van der Waals surface area contributed by atoms with Crippen LogP contribution < -0.4 is 20.1 Å². The van der Waals surface area contributed by atoms with Gasteiger partial charge >= 0.3 is 5.97 Å². The Bertz CT molecular complexity index is 1310. The first-order chi connectivity index (χ1) is 18.8. The maximum atomic E-state index is 13.2. The second-order valence-corrected chi connectivity index (χ2v) is 11.0. The number of amides is 2. The van der Waals surface area contributed by atoms with E-state index in [1.807, 2.05) is 0 Å². The highest BCUT2D eigenvalue weighted by molar-refractivity contribution is 7.17. The van der Waals surface area contributed by atoms with E-state index in [-0.39, 0.29) is 38.2 Å². The second-order valence-electron chi connectivity index (χ2n) is 9.07. The van der Waals surface area contributed by atoms with E-state index >= 15 is 0 Å². The van der Waals surface area contributed by atoms with E-state index in [0.717, 1.165) is 29.7 Å². The summed E-state index contributed by atoms with van der Waals surface area (Å²) in [6.07, 6.45) is 2.56. The molecule has 206 valence electrons. The van der Waals surface area contributed by atoms with E-state index in [1.165, 1.54) is 11.3 Å². The summed E-state index contributed by atoms with van der Waals surface area (Å²) in [5.74, 6) is 0.243. The van der Waals surface area contributed by atoms with E-state index in [9.17, 15) is 14.4 Å². The zero-order valence-corrected chi connectivity index (χ0v) is 23.6. The number of hydrogen-bond acceptors (Lipinski definition) is 7. The van der Waals surface area contributed by atoms with Gasteiger partial charge in [0.25, 0.3) is 11.8 Å². The number of rotatable bonds is 11. The fourth-order valence-corrected chi connectivity index (χ4v) is 5.73. The standard InChI is InChI=1S/C28H28Cl2N2O6S/c1-17-2-11-22-23(14-17)39-28(32-24(33)15-37-20-7-3-18(29)4-8-20)26(22)27(35)31-12-13-36-25(34)16-38-21-9-5-19(30)6-10-21/h3-10,17H,2,11-16H2,1H3,(H,31,35)(H,32,33). The predicted octanol–water partition coefficient (Wildman–Crippen LogP) is 5.55. The Kier molecular flexibility index (Phi) is 10.1. The monoisotopic (exact) mass is 590 g/mol. The van der Waals surface area contributed by atoms with Crippen LogP contribution in [-0.2, 0) is 27.2 Å². The Morgan fingerprint density at radius 1 is 0.949 bits per heavy atom. The highest BCUT2D eigenvalue weighted by Crippen LogP contribution is 2.39. The molecule has 0 spiro atoms. The highest BCUT2D eigenvalue weighted by Gasteiger charge is 2.28. The van der Waals surface area contributed by atoms with E-state index in [0.29, 0.717) is 38.0 Å². The summed E-state index contributed by atoms with van der Waals surface area (Å²) in [6, 6.07) is 13.3. The molecule has 2 N–H and O–H groups in total. The minimum atomic E-state index is -0.560. The lowest BCUT2D eigenvalue weighted by atomic mass is 9.88. The minimum absolute atomic E-state index is 0.0193. The van der Waals surface area contributed by atoms with Gasteiger partial charge in [0.15, 0.2) is 13.2 Å². The summed E-state index contributed by atoms with van der Waals surface area (Å²) in [4.78, 5) is 38.9. The van der Waals surface area contributed by atoms with Gasteiger partial charge in [0.2, 0.25) is 0 Å². The molecule has 1 atom stereocenters. The lowest BCUT2D eigenvalue weighted by Gasteiger charge is -2.18. The molecule has 1 heterocycles. The van der Waals surface area contributed by atoms with Gasteiger partial charge in [-0.15, -0.1) is 11.3 Å². The van der Waals surface area contributed by atoms with Crippen molar-refractivity contribution in [2.24, 2.45) is 5.92 Å². The average Bonchev–Trinajstić information content (AvgIpc) is 3.27. The van der Waals surface area contributed by atoms with E-state index in [2.05, 4.69) is 17.6 Å². The topological polar surface area (TPSA) is 103 Å². The van der Waals surface area contributed by atoms with Crippen molar-refractivity contribution in [2.45, 2.75) is 26.2 Å². The number of nitrogens with one attached hydrogen (secondary N) is 2. The largest absolute Gasteiger partial charge is 0.484 e. The molecule has 2 aromatic carbocycles. The molecular weight excluding hydrogens is 563 g/mol. The number of ether oxygens (including phenoxy) is 3. The van der Waals surface area contributed by atoms with Crippen molar-refractivity contribution in [3.05, 3.63) is 74.6 Å². The summed E-state index contributed by atoms with van der Waals surface area (Å²) in [5, 5.41) is 7.27. The molecule has 0 radical (unpaired) electrons. The minimum Gasteiger partial charge on any atom is -0.484 e. The van der Waals surface area contributed by atoms with Gasteiger partial charge in [0, 0.05) is 14.9 Å². The molecule has 1 unspecified atom stereocenters. The van der Waals surface area contributed by atoms with Crippen LogP contribution >= 0.6 is 34.5 Å². The smallest absolute Gasteiger partial charge is 0.344 e. The van der Waals surface area contributed by atoms with Crippen molar-refractivity contribution in [1.29, 1.82) is 0 Å². The van der Waals surface area contributed by atoms with E-state index < -0.39 is 5.97 Å². The first-order valence-electron chi connectivity index (χ1n) is 12.4. The third-order valence-electron chi connectivity index (χ3n) is 6.00. The molecule has 2 amide bonds. The Morgan fingerprint density at radius 2 is 1.56 bits per heavy atom. The maximum absolute atomic E-state index is 13.2. The molecule has 0 saturated carbocycles. The normalized spacial score (nSPS) is 14.2. The van der Waals surface area contributed by atoms with Crippen LogP contribution in [0.15, 0.2) is 48.5 Å². The highest BCUT2D eigenvalue weighted by atomic mass is 35.5. The molecule has 1 aliphatic rings. The number of halogens is 2. The molecule has 0 aliphatic heterocycles. The van der Waals surface area contributed by atoms with Crippen molar-refractivity contribution in [1.82, 2.24) is 5.32 Å². The molecule has 39 heavy (non-hydrogen) atoms. The number of thiophene rings is 1. The van der Waals surface area contributed by atoms with Crippen LogP contribution in [0.5, 0.6) is 11.5 Å². The Hall–Kier alpha value is -3.27. The number of esters is 1. The molecule has 1 aromatic heterocycles. The van der Waals surface area contributed by atoms with E-state index in [1.54, 1.807) is 48.5 Å². The van der Waals surface area contributed by atoms with Crippen LogP contribution in [0, 0.1) is 5.92 Å². The van der Waals surface area contributed by atoms with Gasteiger partial charge in [-0.1, -0.05) is 30.1 Å². The van der Waals surface area contributed by atoms with Gasteiger partial charge in [-0.2, -0.15) is 0 Å². The summed E-state index contributed by atoms with van der Waals surface area (Å²) in [7, 11) is 0. The van der Waals surface area contributed by atoms with Gasteiger partial charge in [0.05, 0.1) is 12.1 Å². The summed E-state index contributed by atoms with van der Waals surface area (Å²) < 4.78 is 16.1. The van der Waals surface area contributed by atoms with Crippen LogP contribution in [-0.4, -0.2) is 44.1 Å². The molecule has 8 nitrogen and oxygen atoms in total. The van der Waals surface area contributed by atoms with Gasteiger partial charge in [-0.25, -0.2) is 4.79 Å². The number of carbonyl (C=O) groups is 3. The number of hydrogen-bond donors (Lipinski definition) is 2. The molecule has 11 heteroatoms. The van der Waals surface area contributed by atoms with Crippen LogP contribution in [0.1, 0.15) is 34.1 Å². The zero-order valence-electron chi connectivity index (χ0n) is 21.3. The fourth-order valence-electron chi connectivity index (χ4n) is 4.05. The zero-order chi connectivity index (χ0) is 27.8. The number of anilines is 1. The van der Waals surface area contributed by atoms with Crippen LogP contribution in [0.2, 0.25) is 10.0 Å². The third kappa shape index (κ3) is 8.36.